The van der Waals surface area contributed by atoms with Gasteiger partial charge in [0.05, 0.1) is 0 Å². The second-order valence-corrected chi connectivity index (χ2v) is 9.34. The molecule has 0 spiro atoms. The molecule has 5 atom stereocenters. The number of rotatable bonds is 7. The van der Waals surface area contributed by atoms with Gasteiger partial charge in [0.25, 0.3) is 0 Å². The summed E-state index contributed by atoms with van der Waals surface area (Å²) in [4.78, 5) is 0. The van der Waals surface area contributed by atoms with E-state index >= 15 is 0 Å². The van der Waals surface area contributed by atoms with Crippen molar-refractivity contribution in [2.75, 3.05) is 17.1 Å². The van der Waals surface area contributed by atoms with Crippen LogP contribution in [0.4, 0.5) is 0 Å². The van der Waals surface area contributed by atoms with Gasteiger partial charge >= 0.3 is 0 Å². The van der Waals surface area contributed by atoms with Crippen molar-refractivity contribution in [1.29, 1.82) is 0 Å². The molecule has 0 radical (unpaired) electrons. The molecule has 0 aliphatic heterocycles. The minimum atomic E-state index is 0.455. The maximum absolute atomic E-state index is 6.09. The molecule has 0 amide bonds. The molecule has 0 aromatic heterocycles. The Morgan fingerprint density at radius 2 is 2.22 bits per heavy atom. The SMILES string of the molecule is CC(I)C(C)(CP)CCC1CCCC1(CN)CI. The molecule has 5 unspecified atom stereocenters. The molecule has 1 rings (SSSR count). The lowest BCUT2D eigenvalue weighted by atomic mass is 9.74. The molecule has 1 fully saturated rings. The zero-order valence-electron chi connectivity index (χ0n) is 11.7. The largest absolute Gasteiger partial charge is 0.330 e. The summed E-state index contributed by atoms with van der Waals surface area (Å²) in [6.45, 7) is 5.69. The summed E-state index contributed by atoms with van der Waals surface area (Å²) in [5.74, 6) is 0.866. The number of nitrogens with two attached hydrogens (primary N) is 1. The predicted octanol–water partition coefficient (Wildman–Crippen LogP) is 4.65. The van der Waals surface area contributed by atoms with E-state index in [1.165, 1.54) is 42.7 Å². The molecule has 1 aliphatic rings. The van der Waals surface area contributed by atoms with Crippen LogP contribution >= 0.6 is 54.4 Å². The lowest BCUT2D eigenvalue weighted by Crippen LogP contribution is -2.37. The van der Waals surface area contributed by atoms with E-state index in [1.54, 1.807) is 0 Å². The molecule has 108 valence electrons. The van der Waals surface area contributed by atoms with Gasteiger partial charge < -0.3 is 5.73 Å². The van der Waals surface area contributed by atoms with Crippen LogP contribution in [0, 0.1) is 16.7 Å². The van der Waals surface area contributed by atoms with Crippen molar-refractivity contribution in [2.24, 2.45) is 22.5 Å². The molecule has 18 heavy (non-hydrogen) atoms. The molecule has 0 bridgehead atoms. The minimum Gasteiger partial charge on any atom is -0.330 e. The molecule has 0 saturated heterocycles. The van der Waals surface area contributed by atoms with Crippen molar-refractivity contribution in [3.8, 4) is 0 Å². The van der Waals surface area contributed by atoms with Gasteiger partial charge in [0.2, 0.25) is 0 Å². The van der Waals surface area contributed by atoms with E-state index in [9.17, 15) is 0 Å². The standard InChI is InChI=1S/C14H28I2NP/c1-11(16)13(2,10-18)7-5-12-4-3-6-14(12,8-15)9-17/h11-12H,3-10,17-18H2,1-2H3. The average Bonchev–Trinajstić information content (AvgIpc) is 2.79. The third-order valence-corrected chi connectivity index (χ3v) is 9.21. The molecule has 0 aromatic rings. The Balaban J connectivity index is 2.62. The molecule has 2 N–H and O–H groups in total. The molecule has 0 heterocycles. The Morgan fingerprint density at radius 1 is 1.56 bits per heavy atom. The van der Waals surface area contributed by atoms with Crippen LogP contribution in [0.25, 0.3) is 0 Å². The van der Waals surface area contributed by atoms with Gasteiger partial charge in [-0.2, -0.15) is 0 Å². The predicted molar refractivity (Wildman–Crippen MR) is 103 cm³/mol. The highest BCUT2D eigenvalue weighted by Gasteiger charge is 2.41. The van der Waals surface area contributed by atoms with Gasteiger partial charge in [0.15, 0.2) is 0 Å². The second-order valence-electron chi connectivity index (χ2n) is 6.30. The topological polar surface area (TPSA) is 26.0 Å². The van der Waals surface area contributed by atoms with Gasteiger partial charge in [-0.3, -0.25) is 0 Å². The first-order chi connectivity index (χ1) is 8.44. The minimum absolute atomic E-state index is 0.455. The molecular weight excluding hydrogens is 467 g/mol. The van der Waals surface area contributed by atoms with Gasteiger partial charge in [0.1, 0.15) is 0 Å². The van der Waals surface area contributed by atoms with Crippen LogP contribution < -0.4 is 5.73 Å². The van der Waals surface area contributed by atoms with Crippen molar-refractivity contribution in [3.05, 3.63) is 0 Å². The van der Waals surface area contributed by atoms with Crippen molar-refractivity contribution in [3.63, 3.8) is 0 Å². The Kier molecular flexibility index (Phi) is 7.70. The van der Waals surface area contributed by atoms with E-state index in [0.29, 0.717) is 10.8 Å². The molecule has 4 heteroatoms. The fraction of sp³-hybridized carbons (Fsp3) is 1.00. The summed E-state index contributed by atoms with van der Waals surface area (Å²) in [5, 5.41) is 0. The van der Waals surface area contributed by atoms with E-state index in [2.05, 4.69) is 68.3 Å². The number of hydrogen-bond acceptors (Lipinski definition) is 1. The Labute approximate surface area is 143 Å². The highest BCUT2D eigenvalue weighted by atomic mass is 127. The highest BCUT2D eigenvalue weighted by Crippen LogP contribution is 2.48. The van der Waals surface area contributed by atoms with Gasteiger partial charge in [-0.25, -0.2) is 0 Å². The Bertz CT molecular complexity index is 256. The average molecular weight is 495 g/mol. The quantitative estimate of drug-likeness (QED) is 0.311. The van der Waals surface area contributed by atoms with Gasteiger partial charge in [-0.1, -0.05) is 65.5 Å². The summed E-state index contributed by atoms with van der Waals surface area (Å²) in [6.07, 6.45) is 8.09. The first-order valence-electron chi connectivity index (χ1n) is 7.04. The van der Waals surface area contributed by atoms with Crippen molar-refractivity contribution in [1.82, 2.24) is 0 Å². The molecular formula is C14H28I2NP. The first-order valence-corrected chi connectivity index (χ1v) is 10.6. The molecule has 0 aromatic carbocycles. The molecule has 1 aliphatic carbocycles. The maximum atomic E-state index is 6.09. The van der Waals surface area contributed by atoms with Crippen LogP contribution in [-0.2, 0) is 0 Å². The fourth-order valence-corrected chi connectivity index (χ4v) is 6.05. The number of alkyl halides is 2. The summed E-state index contributed by atoms with van der Waals surface area (Å²) in [5.41, 5.74) is 7.02. The number of hydrogen-bond donors (Lipinski definition) is 1. The summed E-state index contributed by atoms with van der Waals surface area (Å²) < 4.78 is 1.98. The molecule has 1 saturated carbocycles. The van der Waals surface area contributed by atoms with Crippen LogP contribution in [0.15, 0.2) is 0 Å². The van der Waals surface area contributed by atoms with Crippen LogP contribution in [-0.4, -0.2) is 21.1 Å². The lowest BCUT2D eigenvalue weighted by molar-refractivity contribution is 0.204. The second kappa shape index (κ2) is 7.74. The zero-order valence-corrected chi connectivity index (χ0v) is 17.2. The van der Waals surface area contributed by atoms with E-state index in [4.69, 9.17) is 5.73 Å². The monoisotopic (exact) mass is 495 g/mol. The van der Waals surface area contributed by atoms with Crippen LogP contribution in [0.5, 0.6) is 0 Å². The van der Waals surface area contributed by atoms with Crippen LogP contribution in [0.2, 0.25) is 0 Å². The summed E-state index contributed by atoms with van der Waals surface area (Å²) >= 11 is 5.15. The summed E-state index contributed by atoms with van der Waals surface area (Å²) in [6, 6.07) is 0. The lowest BCUT2D eigenvalue weighted by Gasteiger charge is -2.37. The van der Waals surface area contributed by atoms with E-state index in [1.807, 2.05) is 0 Å². The Hall–Kier alpha value is 1.85. The zero-order chi connectivity index (χ0) is 13.8. The van der Waals surface area contributed by atoms with Crippen molar-refractivity contribution >= 4 is 54.4 Å². The van der Waals surface area contributed by atoms with Crippen molar-refractivity contribution < 1.29 is 0 Å². The third-order valence-electron chi connectivity index (χ3n) is 5.26. The normalized spacial score (nSPS) is 33.3. The van der Waals surface area contributed by atoms with E-state index in [0.717, 1.165) is 16.4 Å². The third kappa shape index (κ3) is 3.94. The Morgan fingerprint density at radius 3 is 2.67 bits per heavy atom. The summed E-state index contributed by atoms with van der Waals surface area (Å²) in [7, 11) is 2.95. The van der Waals surface area contributed by atoms with Gasteiger partial charge in [0, 0.05) is 8.35 Å². The van der Waals surface area contributed by atoms with Crippen LogP contribution in [0.1, 0.15) is 46.0 Å². The van der Waals surface area contributed by atoms with E-state index < -0.39 is 0 Å². The maximum Gasteiger partial charge on any atom is 0.0138 e. The van der Waals surface area contributed by atoms with Crippen molar-refractivity contribution in [2.45, 2.75) is 49.9 Å². The number of halogens is 2. The van der Waals surface area contributed by atoms with Crippen LogP contribution in [0.3, 0.4) is 0 Å². The smallest absolute Gasteiger partial charge is 0.0138 e. The fourth-order valence-electron chi connectivity index (χ4n) is 3.13. The molecule has 1 nitrogen and oxygen atoms in total. The first kappa shape index (κ1) is 17.9. The van der Waals surface area contributed by atoms with Gasteiger partial charge in [-0.15, -0.1) is 9.24 Å². The highest BCUT2D eigenvalue weighted by molar-refractivity contribution is 14.1. The van der Waals surface area contributed by atoms with Gasteiger partial charge in [-0.05, 0) is 55.1 Å². The van der Waals surface area contributed by atoms with E-state index in [-0.39, 0.29) is 0 Å².